The molecule has 0 bridgehead atoms. The SMILES string of the molecule is CCOCC(C)NCc1cccc(Br)c1. The molecule has 84 valence electrons. The molecule has 0 aliphatic carbocycles. The number of benzene rings is 1. The van der Waals surface area contributed by atoms with E-state index < -0.39 is 0 Å². The lowest BCUT2D eigenvalue weighted by molar-refractivity contribution is 0.127. The molecule has 1 aromatic carbocycles. The van der Waals surface area contributed by atoms with Gasteiger partial charge in [0, 0.05) is 23.7 Å². The van der Waals surface area contributed by atoms with Crippen molar-refractivity contribution in [3.63, 3.8) is 0 Å². The first kappa shape index (κ1) is 12.7. The van der Waals surface area contributed by atoms with E-state index in [0.717, 1.165) is 24.2 Å². The zero-order valence-corrected chi connectivity index (χ0v) is 10.9. The molecule has 1 unspecified atom stereocenters. The molecule has 0 spiro atoms. The molecule has 0 aliphatic rings. The Hall–Kier alpha value is -0.380. The van der Waals surface area contributed by atoms with Crippen molar-refractivity contribution in [2.24, 2.45) is 0 Å². The Morgan fingerprint density at radius 3 is 2.93 bits per heavy atom. The van der Waals surface area contributed by atoms with Gasteiger partial charge in [0.25, 0.3) is 0 Å². The van der Waals surface area contributed by atoms with E-state index in [2.05, 4.69) is 40.3 Å². The molecule has 0 saturated heterocycles. The van der Waals surface area contributed by atoms with Crippen LogP contribution in [0.2, 0.25) is 0 Å². The maximum Gasteiger partial charge on any atom is 0.0616 e. The fraction of sp³-hybridized carbons (Fsp3) is 0.500. The molecular formula is C12H18BrNO. The average Bonchev–Trinajstić information content (AvgIpc) is 2.23. The minimum atomic E-state index is 0.393. The summed E-state index contributed by atoms with van der Waals surface area (Å²) in [6, 6.07) is 8.72. The van der Waals surface area contributed by atoms with Gasteiger partial charge >= 0.3 is 0 Å². The van der Waals surface area contributed by atoms with Crippen LogP contribution in [-0.2, 0) is 11.3 Å². The van der Waals surface area contributed by atoms with Crippen LogP contribution in [0.3, 0.4) is 0 Å². The summed E-state index contributed by atoms with van der Waals surface area (Å²) in [4.78, 5) is 0. The van der Waals surface area contributed by atoms with Gasteiger partial charge in [0.05, 0.1) is 6.61 Å². The Morgan fingerprint density at radius 1 is 1.47 bits per heavy atom. The number of nitrogens with one attached hydrogen (secondary N) is 1. The van der Waals surface area contributed by atoms with E-state index in [4.69, 9.17) is 4.74 Å². The van der Waals surface area contributed by atoms with Crippen molar-refractivity contribution < 1.29 is 4.74 Å². The summed E-state index contributed by atoms with van der Waals surface area (Å²) in [5, 5.41) is 3.42. The highest BCUT2D eigenvalue weighted by atomic mass is 79.9. The first-order chi connectivity index (χ1) is 7.22. The van der Waals surface area contributed by atoms with Gasteiger partial charge in [-0.25, -0.2) is 0 Å². The molecule has 0 heterocycles. The maximum atomic E-state index is 5.34. The topological polar surface area (TPSA) is 21.3 Å². The molecule has 0 aliphatic heterocycles. The molecular weight excluding hydrogens is 254 g/mol. The fourth-order valence-corrected chi connectivity index (χ4v) is 1.74. The van der Waals surface area contributed by atoms with Crippen molar-refractivity contribution in [3.8, 4) is 0 Å². The van der Waals surface area contributed by atoms with Crippen LogP contribution < -0.4 is 5.32 Å². The third kappa shape index (κ3) is 5.30. The summed E-state index contributed by atoms with van der Waals surface area (Å²) in [7, 11) is 0. The Bertz CT molecular complexity index is 291. The number of hydrogen-bond acceptors (Lipinski definition) is 2. The second kappa shape index (κ2) is 6.99. The fourth-order valence-electron chi connectivity index (χ4n) is 1.29. The van der Waals surface area contributed by atoms with Crippen LogP contribution in [0.15, 0.2) is 28.7 Å². The zero-order valence-electron chi connectivity index (χ0n) is 9.29. The van der Waals surface area contributed by atoms with Crippen LogP contribution in [0.25, 0.3) is 0 Å². The van der Waals surface area contributed by atoms with E-state index >= 15 is 0 Å². The number of halogens is 1. The summed E-state index contributed by atoms with van der Waals surface area (Å²) >= 11 is 3.46. The van der Waals surface area contributed by atoms with Crippen LogP contribution in [0, 0.1) is 0 Å². The van der Waals surface area contributed by atoms with Crippen molar-refractivity contribution >= 4 is 15.9 Å². The van der Waals surface area contributed by atoms with Crippen molar-refractivity contribution in [2.45, 2.75) is 26.4 Å². The lowest BCUT2D eigenvalue weighted by Gasteiger charge is -2.13. The van der Waals surface area contributed by atoms with Crippen LogP contribution in [0.5, 0.6) is 0 Å². The Kier molecular flexibility index (Phi) is 5.91. The van der Waals surface area contributed by atoms with E-state index in [1.807, 2.05) is 19.1 Å². The average molecular weight is 272 g/mol. The Balaban J connectivity index is 2.30. The van der Waals surface area contributed by atoms with E-state index in [1.165, 1.54) is 5.56 Å². The zero-order chi connectivity index (χ0) is 11.1. The van der Waals surface area contributed by atoms with Crippen LogP contribution in [-0.4, -0.2) is 19.3 Å². The molecule has 0 amide bonds. The van der Waals surface area contributed by atoms with Gasteiger partial charge in [0.15, 0.2) is 0 Å². The van der Waals surface area contributed by atoms with E-state index in [9.17, 15) is 0 Å². The monoisotopic (exact) mass is 271 g/mol. The second-order valence-corrected chi connectivity index (χ2v) is 4.49. The quantitative estimate of drug-likeness (QED) is 0.859. The van der Waals surface area contributed by atoms with Gasteiger partial charge in [0.1, 0.15) is 0 Å². The lowest BCUT2D eigenvalue weighted by Crippen LogP contribution is -2.30. The maximum absolute atomic E-state index is 5.34. The van der Waals surface area contributed by atoms with Crippen LogP contribution in [0.1, 0.15) is 19.4 Å². The Morgan fingerprint density at radius 2 is 2.27 bits per heavy atom. The number of rotatable bonds is 6. The lowest BCUT2D eigenvalue weighted by atomic mass is 10.2. The molecule has 0 aromatic heterocycles. The first-order valence-corrected chi connectivity index (χ1v) is 6.07. The van der Waals surface area contributed by atoms with Crippen molar-refractivity contribution in [1.29, 1.82) is 0 Å². The predicted molar refractivity (Wildman–Crippen MR) is 66.9 cm³/mol. The van der Waals surface area contributed by atoms with Gasteiger partial charge in [0.2, 0.25) is 0 Å². The summed E-state index contributed by atoms with van der Waals surface area (Å²) in [6.07, 6.45) is 0. The first-order valence-electron chi connectivity index (χ1n) is 5.28. The molecule has 15 heavy (non-hydrogen) atoms. The van der Waals surface area contributed by atoms with Crippen LogP contribution >= 0.6 is 15.9 Å². The number of hydrogen-bond donors (Lipinski definition) is 1. The van der Waals surface area contributed by atoms with E-state index in [1.54, 1.807) is 0 Å². The van der Waals surface area contributed by atoms with Crippen molar-refractivity contribution in [3.05, 3.63) is 34.3 Å². The normalized spacial score (nSPS) is 12.7. The summed E-state index contributed by atoms with van der Waals surface area (Å²) in [5.74, 6) is 0. The van der Waals surface area contributed by atoms with Gasteiger partial charge in [-0.2, -0.15) is 0 Å². The highest BCUT2D eigenvalue weighted by Gasteiger charge is 2.01. The van der Waals surface area contributed by atoms with Crippen LogP contribution in [0.4, 0.5) is 0 Å². The molecule has 0 fully saturated rings. The van der Waals surface area contributed by atoms with E-state index in [-0.39, 0.29) is 0 Å². The highest BCUT2D eigenvalue weighted by Crippen LogP contribution is 2.11. The molecule has 0 radical (unpaired) electrons. The molecule has 1 rings (SSSR count). The van der Waals surface area contributed by atoms with E-state index in [0.29, 0.717) is 6.04 Å². The predicted octanol–water partition coefficient (Wildman–Crippen LogP) is 2.96. The molecule has 1 N–H and O–H groups in total. The van der Waals surface area contributed by atoms with Gasteiger partial charge in [-0.15, -0.1) is 0 Å². The summed E-state index contributed by atoms with van der Waals surface area (Å²) in [6.45, 7) is 6.58. The third-order valence-corrected chi connectivity index (χ3v) is 2.61. The van der Waals surface area contributed by atoms with Crippen molar-refractivity contribution in [2.75, 3.05) is 13.2 Å². The Labute approximate surface area is 100 Å². The molecule has 1 aromatic rings. The molecule has 3 heteroatoms. The molecule has 0 saturated carbocycles. The summed E-state index contributed by atoms with van der Waals surface area (Å²) < 4.78 is 6.46. The molecule has 1 atom stereocenters. The highest BCUT2D eigenvalue weighted by molar-refractivity contribution is 9.10. The second-order valence-electron chi connectivity index (χ2n) is 3.57. The van der Waals surface area contributed by atoms with Crippen molar-refractivity contribution in [1.82, 2.24) is 5.32 Å². The number of ether oxygens (including phenoxy) is 1. The third-order valence-electron chi connectivity index (χ3n) is 2.12. The molecule has 2 nitrogen and oxygen atoms in total. The van der Waals surface area contributed by atoms with Gasteiger partial charge in [-0.05, 0) is 31.5 Å². The minimum Gasteiger partial charge on any atom is -0.380 e. The van der Waals surface area contributed by atoms with Gasteiger partial charge in [-0.3, -0.25) is 0 Å². The van der Waals surface area contributed by atoms with Gasteiger partial charge in [-0.1, -0.05) is 28.1 Å². The largest absolute Gasteiger partial charge is 0.380 e. The standard InChI is InChI=1S/C12H18BrNO/c1-3-15-9-10(2)14-8-11-5-4-6-12(13)7-11/h4-7,10,14H,3,8-9H2,1-2H3. The summed E-state index contributed by atoms with van der Waals surface area (Å²) in [5.41, 5.74) is 1.28. The smallest absolute Gasteiger partial charge is 0.0616 e. The minimum absolute atomic E-state index is 0.393. The van der Waals surface area contributed by atoms with Gasteiger partial charge < -0.3 is 10.1 Å².